The molecule has 2 heteroatoms. The van der Waals surface area contributed by atoms with E-state index in [1.807, 2.05) is 0 Å². The van der Waals surface area contributed by atoms with E-state index in [4.69, 9.17) is 5.73 Å². The van der Waals surface area contributed by atoms with Gasteiger partial charge in [-0.3, -0.25) is 0 Å². The minimum absolute atomic E-state index is 0.267. The van der Waals surface area contributed by atoms with E-state index in [0.29, 0.717) is 5.92 Å². The fourth-order valence-electron chi connectivity index (χ4n) is 0.211. The molecule has 0 saturated heterocycles. The normalized spacial score (nSPS) is 15.0. The molecule has 0 aromatic carbocycles. The van der Waals surface area contributed by atoms with E-state index in [1.54, 1.807) is 0 Å². The smallest absolute Gasteiger partial charge is 0.0151 e. The van der Waals surface area contributed by atoms with Crippen molar-refractivity contribution in [2.24, 2.45) is 11.7 Å². The number of hydrogen-bond acceptors (Lipinski definition) is 2. The summed E-state index contributed by atoms with van der Waals surface area (Å²) in [4.78, 5) is 0. The molecule has 0 aromatic rings. The summed E-state index contributed by atoms with van der Waals surface area (Å²) in [5, 5.41) is 0. The first-order valence-corrected chi connectivity index (χ1v) is 3.18. The van der Waals surface area contributed by atoms with Crippen LogP contribution in [0.3, 0.4) is 0 Å². The summed E-state index contributed by atoms with van der Waals surface area (Å²) in [6.07, 6.45) is 0. The van der Waals surface area contributed by atoms with Crippen molar-refractivity contribution in [2.45, 2.75) is 19.9 Å². The minimum Gasteiger partial charge on any atom is -0.327 e. The molecule has 7 heavy (non-hydrogen) atoms. The number of nitrogens with two attached hydrogens (primary N) is 1. The van der Waals surface area contributed by atoms with Crippen LogP contribution >= 0.6 is 12.6 Å². The monoisotopic (exact) mass is 119 g/mol. The lowest BCUT2D eigenvalue weighted by molar-refractivity contribution is 0.536. The Morgan fingerprint density at radius 2 is 2.00 bits per heavy atom. The van der Waals surface area contributed by atoms with E-state index < -0.39 is 0 Å². The maximum atomic E-state index is 5.54. The third-order valence-electron chi connectivity index (χ3n) is 1.07. The van der Waals surface area contributed by atoms with Gasteiger partial charge in [0.05, 0.1) is 0 Å². The van der Waals surface area contributed by atoms with Gasteiger partial charge in [0.15, 0.2) is 0 Å². The summed E-state index contributed by atoms with van der Waals surface area (Å²) in [5.74, 6) is 1.36. The Labute approximate surface area is 50.7 Å². The van der Waals surface area contributed by atoms with Gasteiger partial charge in [-0.2, -0.15) is 12.6 Å². The van der Waals surface area contributed by atoms with E-state index in [9.17, 15) is 0 Å². The second-order valence-corrected chi connectivity index (χ2v) is 2.46. The molecule has 1 atom stereocenters. The van der Waals surface area contributed by atoms with Crippen LogP contribution in [0.25, 0.3) is 0 Å². The van der Waals surface area contributed by atoms with Crippen LogP contribution in [0.5, 0.6) is 0 Å². The van der Waals surface area contributed by atoms with E-state index >= 15 is 0 Å². The van der Waals surface area contributed by atoms with Gasteiger partial charge in [0, 0.05) is 11.8 Å². The van der Waals surface area contributed by atoms with Crippen molar-refractivity contribution in [1.82, 2.24) is 0 Å². The highest BCUT2D eigenvalue weighted by atomic mass is 32.1. The van der Waals surface area contributed by atoms with Crippen LogP contribution in [0.4, 0.5) is 0 Å². The Morgan fingerprint density at radius 3 is 2.00 bits per heavy atom. The zero-order valence-corrected chi connectivity index (χ0v) is 5.78. The van der Waals surface area contributed by atoms with Gasteiger partial charge in [0.1, 0.15) is 0 Å². The maximum Gasteiger partial charge on any atom is 0.0151 e. The molecule has 0 saturated carbocycles. The average molecular weight is 119 g/mol. The summed E-state index contributed by atoms with van der Waals surface area (Å²) < 4.78 is 0. The van der Waals surface area contributed by atoms with Crippen LogP contribution in [0.2, 0.25) is 0 Å². The van der Waals surface area contributed by atoms with Crippen molar-refractivity contribution in [3.05, 3.63) is 0 Å². The third-order valence-corrected chi connectivity index (χ3v) is 1.49. The molecule has 0 fully saturated rings. The third kappa shape index (κ3) is 2.94. The van der Waals surface area contributed by atoms with E-state index in [1.165, 1.54) is 0 Å². The molecule has 0 rings (SSSR count). The van der Waals surface area contributed by atoms with Gasteiger partial charge in [-0.15, -0.1) is 0 Å². The number of rotatable bonds is 2. The van der Waals surface area contributed by atoms with Gasteiger partial charge in [-0.25, -0.2) is 0 Å². The zero-order chi connectivity index (χ0) is 5.86. The Morgan fingerprint density at radius 1 is 1.57 bits per heavy atom. The Balaban J connectivity index is 3.14. The molecular formula is C5H13NS. The molecule has 0 aliphatic heterocycles. The first-order valence-electron chi connectivity index (χ1n) is 2.55. The first kappa shape index (κ1) is 7.31. The Bertz CT molecular complexity index is 45.3. The second kappa shape index (κ2) is 3.33. The molecule has 0 unspecified atom stereocenters. The SMILES string of the molecule is CC(C)[C@H](N)CS. The molecule has 0 aliphatic carbocycles. The molecule has 0 amide bonds. The van der Waals surface area contributed by atoms with Crippen molar-refractivity contribution in [1.29, 1.82) is 0 Å². The van der Waals surface area contributed by atoms with E-state index in [-0.39, 0.29) is 6.04 Å². The van der Waals surface area contributed by atoms with Gasteiger partial charge < -0.3 is 5.73 Å². The molecule has 0 aliphatic rings. The van der Waals surface area contributed by atoms with Crippen LogP contribution in [0.15, 0.2) is 0 Å². The van der Waals surface area contributed by atoms with Gasteiger partial charge in [-0.1, -0.05) is 13.8 Å². The molecular weight excluding hydrogens is 106 g/mol. The van der Waals surface area contributed by atoms with Crippen molar-refractivity contribution < 1.29 is 0 Å². The fraction of sp³-hybridized carbons (Fsp3) is 1.00. The van der Waals surface area contributed by atoms with Crippen LogP contribution < -0.4 is 5.73 Å². The average Bonchev–Trinajstić information content (AvgIpc) is 1.65. The topological polar surface area (TPSA) is 26.0 Å². The highest BCUT2D eigenvalue weighted by molar-refractivity contribution is 7.80. The summed E-state index contributed by atoms with van der Waals surface area (Å²) in [7, 11) is 0. The molecule has 0 bridgehead atoms. The summed E-state index contributed by atoms with van der Waals surface area (Å²) in [6, 6.07) is 0.267. The first-order chi connectivity index (χ1) is 3.18. The Kier molecular flexibility index (Phi) is 3.48. The zero-order valence-electron chi connectivity index (χ0n) is 4.89. The summed E-state index contributed by atoms with van der Waals surface area (Å²) in [5.41, 5.74) is 5.54. The van der Waals surface area contributed by atoms with E-state index in [0.717, 1.165) is 5.75 Å². The number of thiol groups is 1. The van der Waals surface area contributed by atoms with Crippen molar-refractivity contribution in [3.63, 3.8) is 0 Å². The second-order valence-electron chi connectivity index (χ2n) is 2.09. The lowest BCUT2D eigenvalue weighted by Gasteiger charge is -2.10. The standard InChI is InChI=1S/C5H13NS/c1-4(2)5(6)3-7/h4-5,7H,3,6H2,1-2H3/t5-/m1/s1. The van der Waals surface area contributed by atoms with Gasteiger partial charge >= 0.3 is 0 Å². The van der Waals surface area contributed by atoms with Crippen LogP contribution in [-0.2, 0) is 0 Å². The molecule has 0 spiro atoms. The molecule has 0 heterocycles. The van der Waals surface area contributed by atoms with Crippen LogP contribution in [0.1, 0.15) is 13.8 Å². The lowest BCUT2D eigenvalue weighted by Crippen LogP contribution is -2.27. The van der Waals surface area contributed by atoms with Crippen molar-refractivity contribution >= 4 is 12.6 Å². The Hall–Kier alpha value is 0.310. The predicted molar refractivity (Wildman–Crippen MR) is 36.7 cm³/mol. The summed E-state index contributed by atoms with van der Waals surface area (Å²) in [6.45, 7) is 4.20. The van der Waals surface area contributed by atoms with Crippen LogP contribution in [-0.4, -0.2) is 11.8 Å². The largest absolute Gasteiger partial charge is 0.327 e. The van der Waals surface area contributed by atoms with Gasteiger partial charge in [0.25, 0.3) is 0 Å². The fourth-order valence-corrected chi connectivity index (χ4v) is 0.632. The van der Waals surface area contributed by atoms with Gasteiger partial charge in [-0.05, 0) is 5.92 Å². The quantitative estimate of drug-likeness (QED) is 0.519. The molecule has 0 aromatic heterocycles. The molecule has 0 radical (unpaired) electrons. The maximum absolute atomic E-state index is 5.54. The molecule has 2 N–H and O–H groups in total. The van der Waals surface area contributed by atoms with Gasteiger partial charge in [0.2, 0.25) is 0 Å². The number of hydrogen-bond donors (Lipinski definition) is 2. The molecule has 1 nitrogen and oxygen atoms in total. The summed E-state index contributed by atoms with van der Waals surface area (Å²) >= 11 is 4.03. The van der Waals surface area contributed by atoms with Crippen molar-refractivity contribution in [3.8, 4) is 0 Å². The highest BCUT2D eigenvalue weighted by Crippen LogP contribution is 1.98. The lowest BCUT2D eigenvalue weighted by atomic mass is 10.1. The van der Waals surface area contributed by atoms with Crippen LogP contribution in [0, 0.1) is 5.92 Å². The predicted octanol–water partition coefficient (Wildman–Crippen LogP) is 0.899. The highest BCUT2D eigenvalue weighted by Gasteiger charge is 2.02. The van der Waals surface area contributed by atoms with E-state index in [2.05, 4.69) is 26.5 Å². The van der Waals surface area contributed by atoms with Crippen molar-refractivity contribution in [2.75, 3.05) is 5.75 Å². The minimum atomic E-state index is 0.267. The molecule has 44 valence electrons.